The SMILES string of the molecule is CCNC(=NCC1CCN(CCc2ccccc2)C1)NCCCN1CCCC1=O.I. The van der Waals surface area contributed by atoms with Crippen molar-refractivity contribution in [3.63, 3.8) is 0 Å². The lowest BCUT2D eigenvalue weighted by Crippen LogP contribution is -2.39. The lowest BCUT2D eigenvalue weighted by Gasteiger charge is -2.17. The van der Waals surface area contributed by atoms with E-state index in [1.165, 1.54) is 18.5 Å². The van der Waals surface area contributed by atoms with Gasteiger partial charge < -0.3 is 20.4 Å². The normalized spacial score (nSPS) is 19.8. The number of likely N-dealkylation sites (tertiary alicyclic amines) is 2. The van der Waals surface area contributed by atoms with Gasteiger partial charge in [-0.2, -0.15) is 0 Å². The van der Waals surface area contributed by atoms with E-state index in [1.54, 1.807) is 0 Å². The fourth-order valence-electron chi connectivity index (χ4n) is 4.18. The van der Waals surface area contributed by atoms with Gasteiger partial charge in [-0.1, -0.05) is 30.3 Å². The summed E-state index contributed by atoms with van der Waals surface area (Å²) in [6, 6.07) is 10.7. The van der Waals surface area contributed by atoms with Gasteiger partial charge in [-0.25, -0.2) is 0 Å². The smallest absolute Gasteiger partial charge is 0.222 e. The van der Waals surface area contributed by atoms with Crippen LogP contribution in [0.4, 0.5) is 0 Å². The quantitative estimate of drug-likeness (QED) is 0.213. The standard InChI is InChI=1S/C23H37N5O.HI/c1-2-24-23(25-13-7-15-28-14-6-10-22(28)29)26-18-21-12-17-27(19-21)16-11-20-8-4-3-5-9-20;/h3-5,8-9,21H,2,6-7,10-19H2,1H3,(H2,24,25,26);1H. The maximum absolute atomic E-state index is 11.7. The molecule has 2 N–H and O–H groups in total. The van der Waals surface area contributed by atoms with Crippen molar-refractivity contribution in [3.05, 3.63) is 35.9 Å². The summed E-state index contributed by atoms with van der Waals surface area (Å²) in [5, 5.41) is 6.78. The molecule has 0 aromatic heterocycles. The number of benzene rings is 1. The highest BCUT2D eigenvalue weighted by atomic mass is 127. The summed E-state index contributed by atoms with van der Waals surface area (Å²) in [7, 11) is 0. The molecule has 1 unspecified atom stereocenters. The Bertz CT molecular complexity index is 654. The summed E-state index contributed by atoms with van der Waals surface area (Å²) in [6.45, 7) is 9.93. The summed E-state index contributed by atoms with van der Waals surface area (Å²) in [6.07, 6.45) is 5.06. The summed E-state index contributed by atoms with van der Waals surface area (Å²) in [5.74, 6) is 1.86. The Labute approximate surface area is 198 Å². The van der Waals surface area contributed by atoms with Gasteiger partial charge in [-0.05, 0) is 50.6 Å². The van der Waals surface area contributed by atoms with Gasteiger partial charge in [-0.3, -0.25) is 9.79 Å². The highest BCUT2D eigenvalue weighted by Gasteiger charge is 2.22. The third-order valence-corrected chi connectivity index (χ3v) is 5.85. The van der Waals surface area contributed by atoms with Gasteiger partial charge in [0.25, 0.3) is 0 Å². The number of carbonyl (C=O) groups excluding carboxylic acids is 1. The molecule has 0 bridgehead atoms. The number of rotatable bonds is 10. The molecule has 1 amide bonds. The predicted octanol–water partition coefficient (Wildman–Crippen LogP) is 2.74. The molecule has 0 spiro atoms. The van der Waals surface area contributed by atoms with E-state index in [4.69, 9.17) is 4.99 Å². The van der Waals surface area contributed by atoms with Crippen molar-refractivity contribution in [3.8, 4) is 0 Å². The van der Waals surface area contributed by atoms with Crippen LogP contribution >= 0.6 is 24.0 Å². The third-order valence-electron chi connectivity index (χ3n) is 5.85. The summed E-state index contributed by atoms with van der Waals surface area (Å²) in [5.41, 5.74) is 1.42. The molecule has 168 valence electrons. The summed E-state index contributed by atoms with van der Waals surface area (Å²) >= 11 is 0. The van der Waals surface area contributed by atoms with Crippen LogP contribution in [-0.2, 0) is 11.2 Å². The van der Waals surface area contributed by atoms with Crippen LogP contribution in [0.5, 0.6) is 0 Å². The number of hydrogen-bond acceptors (Lipinski definition) is 3. The second-order valence-electron chi connectivity index (χ2n) is 8.18. The van der Waals surface area contributed by atoms with Crippen LogP contribution in [0.25, 0.3) is 0 Å². The topological polar surface area (TPSA) is 60.0 Å². The Morgan fingerprint density at radius 2 is 2.00 bits per heavy atom. The summed E-state index contributed by atoms with van der Waals surface area (Å²) < 4.78 is 0. The average Bonchev–Trinajstić information content (AvgIpc) is 3.37. The van der Waals surface area contributed by atoms with Crippen molar-refractivity contribution in [1.82, 2.24) is 20.4 Å². The van der Waals surface area contributed by atoms with E-state index in [9.17, 15) is 4.79 Å². The van der Waals surface area contributed by atoms with Crippen molar-refractivity contribution in [1.29, 1.82) is 0 Å². The zero-order valence-electron chi connectivity index (χ0n) is 18.3. The first-order valence-corrected chi connectivity index (χ1v) is 11.3. The first-order valence-electron chi connectivity index (χ1n) is 11.3. The highest BCUT2D eigenvalue weighted by molar-refractivity contribution is 14.0. The van der Waals surface area contributed by atoms with Crippen LogP contribution in [0.3, 0.4) is 0 Å². The number of nitrogens with one attached hydrogen (secondary N) is 2. The van der Waals surface area contributed by atoms with Crippen LogP contribution in [-0.4, -0.2) is 74.0 Å². The first kappa shape index (κ1) is 24.9. The predicted molar refractivity (Wildman–Crippen MR) is 135 cm³/mol. The number of hydrogen-bond donors (Lipinski definition) is 2. The molecule has 0 aliphatic carbocycles. The second kappa shape index (κ2) is 13.9. The monoisotopic (exact) mass is 527 g/mol. The van der Waals surface area contributed by atoms with E-state index >= 15 is 0 Å². The highest BCUT2D eigenvalue weighted by Crippen LogP contribution is 2.17. The van der Waals surface area contributed by atoms with Crippen LogP contribution in [0, 0.1) is 5.92 Å². The lowest BCUT2D eigenvalue weighted by atomic mass is 10.1. The van der Waals surface area contributed by atoms with E-state index in [0.29, 0.717) is 11.8 Å². The number of carbonyl (C=O) groups is 1. The molecule has 2 aliphatic rings. The molecule has 2 aliphatic heterocycles. The molecule has 1 atom stereocenters. The van der Waals surface area contributed by atoms with Gasteiger partial charge in [0, 0.05) is 52.2 Å². The molecule has 7 heteroatoms. The van der Waals surface area contributed by atoms with Gasteiger partial charge in [0.2, 0.25) is 5.91 Å². The number of nitrogens with zero attached hydrogens (tertiary/aromatic N) is 3. The van der Waals surface area contributed by atoms with Crippen molar-refractivity contribution in [2.45, 2.75) is 39.0 Å². The van der Waals surface area contributed by atoms with Crippen LogP contribution in [0.2, 0.25) is 0 Å². The van der Waals surface area contributed by atoms with Gasteiger partial charge >= 0.3 is 0 Å². The molecule has 2 saturated heterocycles. The fraction of sp³-hybridized carbons (Fsp3) is 0.652. The first-order chi connectivity index (χ1) is 14.2. The van der Waals surface area contributed by atoms with Gasteiger partial charge in [0.15, 0.2) is 5.96 Å². The van der Waals surface area contributed by atoms with E-state index in [1.807, 2.05) is 4.90 Å². The molecule has 2 heterocycles. The van der Waals surface area contributed by atoms with Crippen LogP contribution < -0.4 is 10.6 Å². The van der Waals surface area contributed by atoms with Crippen molar-refractivity contribution < 1.29 is 4.79 Å². The number of aliphatic imine (C=N–C) groups is 1. The molecular weight excluding hydrogens is 489 g/mol. The minimum Gasteiger partial charge on any atom is -0.357 e. The molecule has 30 heavy (non-hydrogen) atoms. The largest absolute Gasteiger partial charge is 0.357 e. The van der Waals surface area contributed by atoms with Crippen molar-refractivity contribution in [2.75, 3.05) is 52.4 Å². The van der Waals surface area contributed by atoms with E-state index in [2.05, 4.69) is 52.8 Å². The summed E-state index contributed by atoms with van der Waals surface area (Å²) in [4.78, 5) is 21.0. The van der Waals surface area contributed by atoms with Crippen molar-refractivity contribution >= 4 is 35.8 Å². The minimum atomic E-state index is 0. The van der Waals surface area contributed by atoms with Crippen LogP contribution in [0.15, 0.2) is 35.3 Å². The number of halogens is 1. The van der Waals surface area contributed by atoms with Crippen LogP contribution in [0.1, 0.15) is 38.2 Å². The molecule has 0 radical (unpaired) electrons. The fourth-order valence-corrected chi connectivity index (χ4v) is 4.18. The molecule has 1 aromatic rings. The Balaban J connectivity index is 0.00000320. The molecule has 6 nitrogen and oxygen atoms in total. The Kier molecular flexibility index (Phi) is 11.5. The Hall–Kier alpha value is -1.35. The second-order valence-corrected chi connectivity index (χ2v) is 8.18. The number of amides is 1. The van der Waals surface area contributed by atoms with Gasteiger partial charge in [0.1, 0.15) is 0 Å². The zero-order chi connectivity index (χ0) is 20.3. The molecule has 0 saturated carbocycles. The van der Waals surface area contributed by atoms with Crippen molar-refractivity contribution in [2.24, 2.45) is 10.9 Å². The number of guanidine groups is 1. The van der Waals surface area contributed by atoms with E-state index in [-0.39, 0.29) is 24.0 Å². The lowest BCUT2D eigenvalue weighted by molar-refractivity contribution is -0.127. The Morgan fingerprint density at radius 3 is 2.73 bits per heavy atom. The van der Waals surface area contributed by atoms with Gasteiger partial charge in [-0.15, -0.1) is 24.0 Å². The molecule has 3 rings (SSSR count). The Morgan fingerprint density at radius 1 is 1.17 bits per heavy atom. The van der Waals surface area contributed by atoms with Gasteiger partial charge in [0.05, 0.1) is 0 Å². The third kappa shape index (κ3) is 8.41. The molecular formula is C23H38IN5O. The van der Waals surface area contributed by atoms with E-state index < -0.39 is 0 Å². The zero-order valence-corrected chi connectivity index (χ0v) is 20.6. The molecule has 2 fully saturated rings. The minimum absolute atomic E-state index is 0. The maximum Gasteiger partial charge on any atom is 0.222 e. The maximum atomic E-state index is 11.7. The van der Waals surface area contributed by atoms with E-state index in [0.717, 1.165) is 77.5 Å². The molecule has 1 aromatic carbocycles. The average molecular weight is 527 g/mol.